The molecule has 0 radical (unpaired) electrons. The minimum atomic E-state index is -2.35. The first kappa shape index (κ1) is 34.7. The van der Waals surface area contributed by atoms with E-state index < -0.39 is 111 Å². The summed E-state index contributed by atoms with van der Waals surface area (Å²) in [6.45, 7) is 3.20. The van der Waals surface area contributed by atoms with Crippen molar-refractivity contribution in [2.24, 2.45) is 0 Å². The Balaban J connectivity index is 0.000000658. The molecule has 0 saturated carbocycles. The van der Waals surface area contributed by atoms with E-state index in [1.807, 2.05) is 13.8 Å². The van der Waals surface area contributed by atoms with Crippen molar-refractivity contribution in [3.05, 3.63) is 0 Å². The van der Waals surface area contributed by atoms with Crippen LogP contribution < -0.4 is 0 Å². The van der Waals surface area contributed by atoms with Crippen LogP contribution in [0.1, 0.15) is 53.4 Å². The predicted octanol–water partition coefficient (Wildman–Crippen LogP) is -1.06. The maximum Gasteiger partial charge on any atom is 0.328 e. The Morgan fingerprint density at radius 3 is 0.962 bits per heavy atom. The number of imide groups is 2. The van der Waals surface area contributed by atoms with E-state index in [-0.39, 0.29) is 13.1 Å². The molecule has 0 aromatic rings. The topological polar surface area (TPSA) is 235 Å². The second kappa shape index (κ2) is 11.4. The van der Waals surface area contributed by atoms with Crippen LogP contribution in [0.4, 0.5) is 19.2 Å². The van der Waals surface area contributed by atoms with Gasteiger partial charge in [0, 0.05) is 26.9 Å². The standard InChI is InChI=1S/C26H30N10O10.2C2H3N/c1-3-5-7-27-15(37)23-25(17(27)39)33-11-45-12-34(25)20(42)30(23)10-32-22(44)36-14-46-13-35-21(43)31(9-29(23)19(33)41)24(32)16(38)28(8-6-4-2)18(40)26(24,35)36;2*1-2-3/h3-14H2,1-2H3;2*1H3. The number of carbonyl (C=O) groups is 8. The number of hydrogen-bond acceptors (Lipinski definition) is 12. The number of urea groups is 4. The molecule has 9 aliphatic heterocycles. The van der Waals surface area contributed by atoms with E-state index in [0.717, 1.165) is 49.0 Å². The molecule has 0 aliphatic carbocycles. The quantitative estimate of drug-likeness (QED) is 0.298. The number of nitriles is 2. The van der Waals surface area contributed by atoms with Crippen molar-refractivity contribution < 1.29 is 47.8 Å². The fraction of sp³-hybridized carbons (Fsp3) is 0.667. The fourth-order valence-electron chi connectivity index (χ4n) is 9.25. The van der Waals surface area contributed by atoms with Gasteiger partial charge in [-0.3, -0.25) is 68.2 Å². The highest BCUT2D eigenvalue weighted by atomic mass is 16.5. The number of carbonyl (C=O) groups excluding carboxylic acids is 8. The molecule has 4 spiro atoms. The number of nitrogens with zero attached hydrogens (tertiary/aromatic N) is 12. The van der Waals surface area contributed by atoms with Crippen LogP contribution in [0.25, 0.3) is 0 Å². The van der Waals surface area contributed by atoms with E-state index in [2.05, 4.69) is 0 Å². The molecule has 9 saturated heterocycles. The van der Waals surface area contributed by atoms with E-state index in [1.54, 1.807) is 12.1 Å². The molecule has 9 heterocycles. The first-order chi connectivity index (χ1) is 24.9. The molecule has 52 heavy (non-hydrogen) atoms. The lowest BCUT2D eigenvalue weighted by atomic mass is 9.91. The molecule has 9 aliphatic rings. The van der Waals surface area contributed by atoms with Gasteiger partial charge in [0.05, 0.1) is 12.1 Å². The van der Waals surface area contributed by atoms with Gasteiger partial charge in [-0.2, -0.15) is 10.5 Å². The van der Waals surface area contributed by atoms with Crippen molar-refractivity contribution in [3.63, 3.8) is 0 Å². The summed E-state index contributed by atoms with van der Waals surface area (Å²) in [7, 11) is 0. The average Bonchev–Trinajstić information content (AvgIpc) is 3.77. The predicted molar refractivity (Wildman–Crippen MR) is 164 cm³/mol. The van der Waals surface area contributed by atoms with E-state index in [1.165, 1.54) is 13.8 Å². The van der Waals surface area contributed by atoms with Gasteiger partial charge in [-0.1, -0.05) is 26.7 Å². The first-order valence-corrected chi connectivity index (χ1v) is 16.8. The van der Waals surface area contributed by atoms with Crippen molar-refractivity contribution in [1.82, 2.24) is 49.0 Å². The summed E-state index contributed by atoms with van der Waals surface area (Å²) >= 11 is 0. The normalized spacial score (nSPS) is 33.0. The highest BCUT2D eigenvalue weighted by Crippen LogP contribution is 2.63. The summed E-state index contributed by atoms with van der Waals surface area (Å²) in [6, 6.07) is -0.0828. The SMILES string of the molecule is CC#N.CC#N.CCCCN1C(=O)C23N4COCN2C(=O)N2CN5C(=O)N6COCN7C(=O)N(CN(C4=O)C23C1=O)C51C(=O)N(CCCC)C(=O)C761. The van der Waals surface area contributed by atoms with Gasteiger partial charge in [0.1, 0.15) is 40.3 Å². The van der Waals surface area contributed by atoms with Crippen LogP contribution in [0.5, 0.6) is 0 Å². The van der Waals surface area contributed by atoms with E-state index in [4.69, 9.17) is 20.0 Å². The van der Waals surface area contributed by atoms with Crippen LogP contribution in [-0.4, -0.2) is 173 Å². The van der Waals surface area contributed by atoms with E-state index >= 15 is 0 Å². The van der Waals surface area contributed by atoms with Crippen LogP contribution >= 0.6 is 0 Å². The van der Waals surface area contributed by atoms with Crippen molar-refractivity contribution in [1.29, 1.82) is 10.5 Å². The number of unbranched alkanes of at least 4 members (excludes halogenated alkanes) is 2. The average molecular weight is 725 g/mol. The smallest absolute Gasteiger partial charge is 0.328 e. The fourth-order valence-corrected chi connectivity index (χ4v) is 9.25. The monoisotopic (exact) mass is 724 g/mol. The molecule has 22 nitrogen and oxygen atoms in total. The van der Waals surface area contributed by atoms with Crippen LogP contribution in [0.15, 0.2) is 0 Å². The van der Waals surface area contributed by atoms with Crippen LogP contribution in [0, 0.1) is 22.7 Å². The third kappa shape index (κ3) is 3.23. The van der Waals surface area contributed by atoms with Gasteiger partial charge in [-0.15, -0.1) is 0 Å². The number of likely N-dealkylation sites (tertiary alicyclic amines) is 2. The third-order valence-corrected chi connectivity index (χ3v) is 11.0. The molecule has 0 atom stereocenters. The Morgan fingerprint density at radius 2 is 0.731 bits per heavy atom. The van der Waals surface area contributed by atoms with Crippen LogP contribution in [0.2, 0.25) is 0 Å². The molecule has 12 amide bonds. The Kier molecular flexibility index (Phi) is 7.59. The minimum absolute atomic E-state index is 0.000867. The third-order valence-electron chi connectivity index (χ3n) is 11.0. The maximum absolute atomic E-state index is 14.7. The van der Waals surface area contributed by atoms with Crippen LogP contribution in [-0.2, 0) is 28.7 Å². The van der Waals surface area contributed by atoms with Gasteiger partial charge < -0.3 is 9.47 Å². The van der Waals surface area contributed by atoms with Gasteiger partial charge >= 0.3 is 24.1 Å². The summed E-state index contributed by atoms with van der Waals surface area (Å²) in [5, 5.41) is 14.6. The van der Waals surface area contributed by atoms with Gasteiger partial charge in [0.2, 0.25) is 0 Å². The molecule has 0 unspecified atom stereocenters. The Morgan fingerprint density at radius 1 is 0.500 bits per heavy atom. The molecule has 0 N–H and O–H groups in total. The van der Waals surface area contributed by atoms with Crippen molar-refractivity contribution >= 4 is 47.8 Å². The highest BCUT2D eigenvalue weighted by molar-refractivity contribution is 6.24. The number of rotatable bonds is 6. The molecule has 0 bridgehead atoms. The molecule has 276 valence electrons. The second-order valence-electron chi connectivity index (χ2n) is 13.1. The first-order valence-electron chi connectivity index (χ1n) is 16.8. The molecule has 0 aromatic heterocycles. The summed E-state index contributed by atoms with van der Waals surface area (Å²) in [5.74, 6) is -3.35. The number of ether oxygens (including phenoxy) is 2. The lowest BCUT2D eigenvalue weighted by Gasteiger charge is -2.49. The molecule has 9 fully saturated rings. The van der Waals surface area contributed by atoms with Gasteiger partial charge in [-0.05, 0) is 12.8 Å². The summed E-state index contributed by atoms with van der Waals surface area (Å²) in [6.07, 6.45) is 2.15. The summed E-state index contributed by atoms with van der Waals surface area (Å²) in [4.78, 5) is 126. The second-order valence-corrected chi connectivity index (χ2v) is 13.1. The largest absolute Gasteiger partial charge is 0.340 e. The lowest BCUT2D eigenvalue weighted by Crippen LogP contribution is -2.78. The molecule has 22 heteroatoms. The van der Waals surface area contributed by atoms with Crippen molar-refractivity contribution in [2.75, 3.05) is 53.4 Å². The molecular formula is C30H36N12O10. The Hall–Kier alpha value is -5.74. The molecular weight excluding hydrogens is 688 g/mol. The van der Waals surface area contributed by atoms with Crippen molar-refractivity contribution in [3.8, 4) is 12.1 Å². The van der Waals surface area contributed by atoms with E-state index in [0.29, 0.717) is 25.7 Å². The highest BCUT2D eigenvalue weighted by Gasteiger charge is 2.96. The molecule has 0 aromatic carbocycles. The number of amides is 12. The zero-order chi connectivity index (χ0) is 37.7. The van der Waals surface area contributed by atoms with E-state index in [9.17, 15) is 38.4 Å². The number of hydrogen-bond donors (Lipinski definition) is 0. The zero-order valence-corrected chi connectivity index (χ0v) is 28.9. The van der Waals surface area contributed by atoms with Crippen molar-refractivity contribution in [2.45, 2.75) is 76.0 Å². The van der Waals surface area contributed by atoms with Crippen LogP contribution in [0.3, 0.4) is 0 Å². The van der Waals surface area contributed by atoms with Gasteiger partial charge in [0.15, 0.2) is 0 Å². The Labute approximate surface area is 296 Å². The summed E-state index contributed by atoms with van der Waals surface area (Å²) < 4.78 is 11.1. The molecule has 9 rings (SSSR count). The lowest BCUT2D eigenvalue weighted by molar-refractivity contribution is -0.186. The summed E-state index contributed by atoms with van der Waals surface area (Å²) in [5.41, 5.74) is -9.09. The minimum Gasteiger partial charge on any atom is -0.340 e. The Bertz CT molecular complexity index is 1620. The van der Waals surface area contributed by atoms with Gasteiger partial charge in [-0.25, -0.2) is 19.2 Å². The maximum atomic E-state index is 14.7. The van der Waals surface area contributed by atoms with Gasteiger partial charge in [0.25, 0.3) is 46.3 Å². The zero-order valence-electron chi connectivity index (χ0n) is 28.9.